The molecule has 0 aliphatic carbocycles. The summed E-state index contributed by atoms with van der Waals surface area (Å²) < 4.78 is 14.7. The van der Waals surface area contributed by atoms with Gasteiger partial charge in [0.15, 0.2) is 0 Å². The van der Waals surface area contributed by atoms with Gasteiger partial charge in [0, 0.05) is 17.2 Å². The summed E-state index contributed by atoms with van der Waals surface area (Å²) in [5, 5.41) is 27.6. The molecule has 10 heteroatoms. The Balaban J connectivity index is 1.61. The summed E-state index contributed by atoms with van der Waals surface area (Å²) in [7, 11) is 0. The maximum absolute atomic E-state index is 10.3. The molecule has 35 heavy (non-hydrogen) atoms. The van der Waals surface area contributed by atoms with E-state index < -0.39 is 6.10 Å². The van der Waals surface area contributed by atoms with E-state index in [0.29, 0.717) is 27.6 Å². The minimum Gasteiger partial charge on any atom is -0.492 e. The van der Waals surface area contributed by atoms with Gasteiger partial charge in [0.05, 0.1) is 29.9 Å². The molecule has 2 atom stereocenters. The van der Waals surface area contributed by atoms with Crippen LogP contribution in [0.25, 0.3) is 0 Å². The maximum Gasteiger partial charge on any atom is 0.149 e. The number of rotatable bonds is 12. The highest BCUT2D eigenvalue weighted by Crippen LogP contribution is 2.36. The highest BCUT2D eigenvalue weighted by atomic mass is 127. The van der Waals surface area contributed by atoms with Crippen LogP contribution in [-0.2, 0) is 18.6 Å². The Morgan fingerprint density at radius 1 is 1.11 bits per heavy atom. The molecule has 3 rings (SSSR count). The largest absolute Gasteiger partial charge is 0.492 e. The van der Waals surface area contributed by atoms with Gasteiger partial charge < -0.3 is 19.7 Å². The van der Waals surface area contributed by atoms with Gasteiger partial charge in [0.1, 0.15) is 27.9 Å². The Morgan fingerprint density at radius 2 is 1.80 bits per heavy atom. The highest BCUT2D eigenvalue weighted by Gasteiger charge is 2.24. The molecule has 1 aromatic heterocycles. The maximum atomic E-state index is 10.3. The van der Waals surface area contributed by atoms with Gasteiger partial charge in [-0.05, 0) is 73.9 Å². The number of halogens is 3. The summed E-state index contributed by atoms with van der Waals surface area (Å²) >= 11 is 11.5. The predicted molar refractivity (Wildman–Crippen MR) is 148 cm³/mol. The SMILES string of the molecule is C[C@H](CCl)COc1ccc(C(C)(C)c2ccc(OC[C@@H](O)Cn3nnc(I)c3CO)cc2)cc1Br. The van der Waals surface area contributed by atoms with Crippen molar-refractivity contribution >= 4 is 50.1 Å². The Hall–Kier alpha value is -1.40. The fourth-order valence-corrected chi connectivity index (χ4v) is 4.60. The summed E-state index contributed by atoms with van der Waals surface area (Å²) in [5.74, 6) is 2.31. The second-order valence-corrected chi connectivity index (χ2v) is 11.2. The third-order valence-electron chi connectivity index (χ3n) is 5.78. The average Bonchev–Trinajstić information content (AvgIpc) is 3.20. The number of benzene rings is 2. The molecule has 0 saturated heterocycles. The zero-order chi connectivity index (χ0) is 25.6. The summed E-state index contributed by atoms with van der Waals surface area (Å²) in [5.41, 5.74) is 2.61. The lowest BCUT2D eigenvalue weighted by atomic mass is 9.78. The number of alkyl halides is 1. The third kappa shape index (κ3) is 7.31. The number of aliphatic hydroxyl groups excluding tert-OH is 2. The molecule has 0 unspecified atom stereocenters. The normalized spacial score (nSPS) is 13.5. The molecule has 0 radical (unpaired) electrons. The van der Waals surface area contributed by atoms with E-state index in [4.69, 9.17) is 21.1 Å². The average molecular weight is 679 g/mol. The first-order valence-electron chi connectivity index (χ1n) is 11.2. The molecule has 1 heterocycles. The van der Waals surface area contributed by atoms with E-state index in [9.17, 15) is 10.2 Å². The lowest BCUT2D eigenvalue weighted by Crippen LogP contribution is -2.25. The van der Waals surface area contributed by atoms with Crippen LogP contribution in [0.5, 0.6) is 11.5 Å². The van der Waals surface area contributed by atoms with Crippen molar-refractivity contribution in [2.75, 3.05) is 19.1 Å². The minimum atomic E-state index is -0.792. The molecule has 0 fully saturated rings. The van der Waals surface area contributed by atoms with Gasteiger partial charge in [0.25, 0.3) is 0 Å². The van der Waals surface area contributed by atoms with Crippen LogP contribution in [0.1, 0.15) is 37.6 Å². The Bertz CT molecular complexity index is 1110. The van der Waals surface area contributed by atoms with Crippen LogP contribution in [0, 0.1) is 9.62 Å². The fraction of sp³-hybridized carbons (Fsp3) is 0.440. The summed E-state index contributed by atoms with van der Waals surface area (Å²) in [6.45, 7) is 7.07. The number of aromatic nitrogens is 3. The minimum absolute atomic E-state index is 0.0980. The summed E-state index contributed by atoms with van der Waals surface area (Å²) in [4.78, 5) is 0. The van der Waals surface area contributed by atoms with Crippen molar-refractivity contribution in [2.45, 2.75) is 45.4 Å². The first-order valence-corrected chi connectivity index (χ1v) is 13.6. The van der Waals surface area contributed by atoms with E-state index in [2.05, 4.69) is 59.1 Å². The van der Waals surface area contributed by atoms with Crippen LogP contribution in [0.4, 0.5) is 0 Å². The van der Waals surface area contributed by atoms with Crippen molar-refractivity contribution in [3.8, 4) is 11.5 Å². The molecule has 0 aliphatic rings. The molecule has 0 bridgehead atoms. The molecular weight excluding hydrogens is 649 g/mol. The Kier molecular flexibility index (Phi) is 10.2. The van der Waals surface area contributed by atoms with Crippen molar-refractivity contribution in [1.82, 2.24) is 15.0 Å². The second-order valence-electron chi connectivity index (χ2n) is 9.00. The zero-order valence-electron chi connectivity index (χ0n) is 19.9. The van der Waals surface area contributed by atoms with Crippen LogP contribution < -0.4 is 9.47 Å². The molecule has 7 nitrogen and oxygen atoms in total. The monoisotopic (exact) mass is 677 g/mol. The quantitative estimate of drug-likeness (QED) is 0.204. The third-order valence-corrected chi connectivity index (χ3v) is 7.77. The van der Waals surface area contributed by atoms with Crippen molar-refractivity contribution in [2.24, 2.45) is 5.92 Å². The van der Waals surface area contributed by atoms with E-state index in [1.807, 2.05) is 52.9 Å². The van der Waals surface area contributed by atoms with Gasteiger partial charge in [-0.25, -0.2) is 4.68 Å². The first kappa shape index (κ1) is 28.2. The molecule has 0 aliphatic heterocycles. The first-order chi connectivity index (χ1) is 16.6. The van der Waals surface area contributed by atoms with Gasteiger partial charge >= 0.3 is 0 Å². The van der Waals surface area contributed by atoms with Gasteiger partial charge in [0.2, 0.25) is 0 Å². The molecule has 0 spiro atoms. The van der Waals surface area contributed by atoms with E-state index in [-0.39, 0.29) is 31.1 Å². The van der Waals surface area contributed by atoms with Crippen LogP contribution in [-0.4, -0.2) is 50.4 Å². The lowest BCUT2D eigenvalue weighted by Gasteiger charge is -2.27. The number of nitrogens with zero attached hydrogens (tertiary/aromatic N) is 3. The zero-order valence-corrected chi connectivity index (χ0v) is 24.4. The van der Waals surface area contributed by atoms with Crippen LogP contribution in [0.15, 0.2) is 46.9 Å². The molecule has 190 valence electrons. The molecule has 2 N–H and O–H groups in total. The molecular formula is C25H30BrClIN3O4. The fourth-order valence-electron chi connectivity index (χ4n) is 3.47. The van der Waals surface area contributed by atoms with Crippen molar-refractivity contribution in [3.05, 3.63) is 67.5 Å². The standard InChI is InChI=1S/C25H30BrClIN3O4/c1-16(11-27)14-35-23-9-6-18(10-21(23)26)25(2,3)17-4-7-20(8-5-17)34-15-19(33)12-31-22(13-32)24(28)29-30-31/h4-10,16,19,32-33H,11-15H2,1-3H3/t16-,19+/m1/s1. The number of ether oxygens (including phenoxy) is 2. The Morgan fingerprint density at radius 3 is 2.43 bits per heavy atom. The lowest BCUT2D eigenvalue weighted by molar-refractivity contribution is 0.0866. The number of hydrogen-bond donors (Lipinski definition) is 2. The van der Waals surface area contributed by atoms with Crippen LogP contribution in [0.3, 0.4) is 0 Å². The van der Waals surface area contributed by atoms with E-state index in [1.54, 1.807) is 0 Å². The van der Waals surface area contributed by atoms with Gasteiger partial charge in [-0.2, -0.15) is 0 Å². The molecule has 0 saturated carbocycles. The molecule has 0 amide bonds. The van der Waals surface area contributed by atoms with Crippen molar-refractivity contribution in [3.63, 3.8) is 0 Å². The van der Waals surface area contributed by atoms with E-state index in [1.165, 1.54) is 4.68 Å². The van der Waals surface area contributed by atoms with E-state index >= 15 is 0 Å². The van der Waals surface area contributed by atoms with E-state index in [0.717, 1.165) is 21.3 Å². The van der Waals surface area contributed by atoms with Crippen molar-refractivity contribution < 1.29 is 19.7 Å². The number of aliphatic hydroxyl groups is 2. The summed E-state index contributed by atoms with van der Waals surface area (Å²) in [6.07, 6.45) is -0.792. The van der Waals surface area contributed by atoms with Gasteiger partial charge in [-0.15, -0.1) is 16.7 Å². The van der Waals surface area contributed by atoms with Crippen LogP contribution >= 0.6 is 50.1 Å². The van der Waals surface area contributed by atoms with Gasteiger partial charge in [-0.3, -0.25) is 0 Å². The molecule has 3 aromatic rings. The van der Waals surface area contributed by atoms with Crippen LogP contribution in [0.2, 0.25) is 0 Å². The van der Waals surface area contributed by atoms with Crippen molar-refractivity contribution in [1.29, 1.82) is 0 Å². The highest BCUT2D eigenvalue weighted by molar-refractivity contribution is 14.1. The smallest absolute Gasteiger partial charge is 0.149 e. The number of hydrogen-bond acceptors (Lipinski definition) is 6. The topological polar surface area (TPSA) is 89.6 Å². The van der Waals surface area contributed by atoms with Gasteiger partial charge in [-0.1, -0.05) is 44.2 Å². The summed E-state index contributed by atoms with van der Waals surface area (Å²) in [6, 6.07) is 14.0. The Labute approximate surface area is 233 Å². The predicted octanol–water partition coefficient (Wildman–Crippen LogP) is 5.16. The molecule has 2 aromatic carbocycles. The second kappa shape index (κ2) is 12.7.